The summed E-state index contributed by atoms with van der Waals surface area (Å²) in [5.74, 6) is -5.49. The van der Waals surface area contributed by atoms with Gasteiger partial charge in [0.25, 0.3) is 0 Å². The fraction of sp³-hybridized carbons (Fsp3) is 0.867. The van der Waals surface area contributed by atoms with Crippen molar-refractivity contribution < 1.29 is 175 Å². The van der Waals surface area contributed by atoms with Crippen LogP contribution >= 0.6 is 0 Å². The summed E-state index contributed by atoms with van der Waals surface area (Å²) < 4.78 is 222. The summed E-state index contributed by atoms with van der Waals surface area (Å²) in [6, 6.07) is -4.96. The van der Waals surface area contributed by atoms with Gasteiger partial charge in [-0.05, 0) is 6.42 Å². The highest BCUT2D eigenvalue weighted by Gasteiger charge is 2.60. The van der Waals surface area contributed by atoms with Gasteiger partial charge in [-0.1, -0.05) is 13.3 Å². The molecule has 75 heavy (non-hydrogen) atoms. The van der Waals surface area contributed by atoms with E-state index in [1.165, 1.54) is 4.72 Å². The first-order valence-corrected chi connectivity index (χ1v) is 27.2. The summed E-state index contributed by atoms with van der Waals surface area (Å²) in [6.07, 6.45) is -47.4. The normalized spacial score (nSPS) is 37.1. The number of hydrogen-bond acceptors (Lipinski definition) is 31. The van der Waals surface area contributed by atoms with Gasteiger partial charge in [0, 0.05) is 13.5 Å². The van der Waals surface area contributed by atoms with Crippen LogP contribution in [0.4, 0.5) is 0 Å². The van der Waals surface area contributed by atoms with Crippen molar-refractivity contribution in [3.05, 3.63) is 6.92 Å². The molecule has 4 rings (SSSR count). The zero-order chi connectivity index (χ0) is 57.5. The molecule has 0 aromatic rings. The molecule has 0 aliphatic carbocycles. The van der Waals surface area contributed by atoms with Crippen molar-refractivity contribution in [3.8, 4) is 0 Å². The number of nitrogens with one attached hydrogen (secondary N) is 2. The maximum absolute atomic E-state index is 12.7. The van der Waals surface area contributed by atoms with Crippen molar-refractivity contribution in [2.45, 2.75) is 142 Å². The van der Waals surface area contributed by atoms with E-state index in [-0.39, 0.29) is 6.61 Å². The number of carbonyl (C=O) groups excluding carboxylic acids is 1. The van der Waals surface area contributed by atoms with E-state index in [1.54, 1.807) is 0 Å². The molecule has 20 atom stereocenters. The molecule has 16 N–H and O–H groups in total. The van der Waals surface area contributed by atoms with Crippen LogP contribution < -0.4 is 10.0 Å². The number of carboxylic acid groups (broad SMARTS) is 2. The minimum Gasteiger partial charge on any atom is -0.479 e. The number of rotatable bonds is 23. The lowest BCUT2D eigenvalue weighted by molar-refractivity contribution is -0.366. The molecule has 4 saturated heterocycles. The molecule has 0 unspecified atom stereocenters. The molecule has 4 aliphatic rings. The molecule has 0 bridgehead atoms. The molecule has 4 aliphatic heterocycles. The van der Waals surface area contributed by atoms with E-state index in [4.69, 9.17) is 42.8 Å². The number of aliphatic carboxylic acids is 2. The third-order valence-corrected chi connectivity index (χ3v) is 12.5. The summed E-state index contributed by atoms with van der Waals surface area (Å²) in [7, 11) is -29.1. The number of hydrogen-bond donors (Lipinski definition) is 16. The number of carbonyl (C=O) groups is 3. The van der Waals surface area contributed by atoms with Gasteiger partial charge < -0.3 is 84.4 Å². The Morgan fingerprint density at radius 2 is 1.03 bits per heavy atom. The van der Waals surface area contributed by atoms with Crippen molar-refractivity contribution in [1.82, 2.24) is 10.0 Å². The van der Waals surface area contributed by atoms with E-state index in [2.05, 4.69) is 23.7 Å². The van der Waals surface area contributed by atoms with E-state index in [0.29, 0.717) is 0 Å². The maximum atomic E-state index is 12.7. The number of ether oxygens (including phenoxy) is 7. The third-order valence-electron chi connectivity index (χ3n) is 10.1. The molecular formula is C30H51N2O38S5. The molecule has 439 valence electrons. The molecule has 0 saturated carbocycles. The lowest BCUT2D eigenvalue weighted by Gasteiger charge is -2.50. The number of amides is 1. The minimum absolute atomic E-state index is 0.281. The zero-order valence-electron chi connectivity index (χ0n) is 37.4. The van der Waals surface area contributed by atoms with Gasteiger partial charge in [0.05, 0.1) is 13.2 Å². The number of aliphatic hydroxyl groups excluding tert-OH is 7. The molecule has 4 heterocycles. The number of unbranched alkanes of at least 4 members (excludes halogenated alkanes) is 1. The van der Waals surface area contributed by atoms with Gasteiger partial charge in [0.1, 0.15) is 73.1 Å². The lowest BCUT2D eigenvalue weighted by Crippen LogP contribution is -2.71. The van der Waals surface area contributed by atoms with Crippen LogP contribution in [-0.2, 0) is 116 Å². The Morgan fingerprint density at radius 1 is 0.547 bits per heavy atom. The van der Waals surface area contributed by atoms with Gasteiger partial charge in [-0.15, -0.1) is 0 Å². The first-order valence-electron chi connectivity index (χ1n) is 20.3. The van der Waals surface area contributed by atoms with Gasteiger partial charge in [-0.2, -0.15) is 46.8 Å². The van der Waals surface area contributed by atoms with E-state index in [0.717, 1.165) is 19.8 Å². The first-order chi connectivity index (χ1) is 34.2. The smallest absolute Gasteiger partial charge is 0.397 e. The highest BCUT2D eigenvalue weighted by molar-refractivity contribution is 7.83. The van der Waals surface area contributed by atoms with E-state index < -0.39 is 206 Å². The zero-order valence-corrected chi connectivity index (χ0v) is 41.5. The van der Waals surface area contributed by atoms with Gasteiger partial charge in [-0.3, -0.25) is 27.6 Å². The van der Waals surface area contributed by atoms with Crippen LogP contribution in [0.3, 0.4) is 0 Å². The van der Waals surface area contributed by atoms with Crippen molar-refractivity contribution in [2.75, 3.05) is 19.8 Å². The summed E-state index contributed by atoms with van der Waals surface area (Å²) in [5, 5.41) is 94.0. The van der Waals surface area contributed by atoms with Crippen LogP contribution in [0, 0.1) is 6.92 Å². The van der Waals surface area contributed by atoms with Gasteiger partial charge in [-0.25, -0.2) is 26.3 Å². The van der Waals surface area contributed by atoms with Crippen LogP contribution in [0.1, 0.15) is 19.8 Å². The van der Waals surface area contributed by atoms with E-state index >= 15 is 0 Å². The van der Waals surface area contributed by atoms with Crippen molar-refractivity contribution in [1.29, 1.82) is 0 Å². The summed E-state index contributed by atoms with van der Waals surface area (Å²) in [5.41, 5.74) is 0. The van der Waals surface area contributed by atoms with Crippen LogP contribution in [0.25, 0.3) is 0 Å². The fourth-order valence-electron chi connectivity index (χ4n) is 7.16. The second-order valence-corrected chi connectivity index (χ2v) is 21.0. The second kappa shape index (κ2) is 26.9. The SMILES string of the molecule is CC(=O)N[C@@H]1[C@@H](O)[C@H](O[C@@H]2O[C@H](C(=O)O)[C@@H](O[C@@H]3O[C@H](CO)[C@@H](O[C@H]4O[C@@H](C(=O)O)[C@H](O)[C@@H](O)[C@@H]4OS(=O)(=O)O)[C@H](OS(=O)(=O)O)[C@H]3NS(=O)(=O)O)[C@H](O)[C@H]2OS(=O)(=O)O)[C@H](COS(=O)(=O)O)O[C@H]1O.[CH2]CCCO. The van der Waals surface area contributed by atoms with E-state index in [9.17, 15) is 116 Å². The largest absolute Gasteiger partial charge is 0.479 e. The Kier molecular flexibility index (Phi) is 23.8. The minimum atomic E-state index is -6.09. The molecule has 0 aromatic carbocycles. The molecule has 1 radical (unpaired) electrons. The van der Waals surface area contributed by atoms with Gasteiger partial charge in [0.2, 0.25) is 5.91 Å². The Bertz CT molecular complexity index is 2500. The second-order valence-electron chi connectivity index (χ2n) is 15.5. The fourth-order valence-corrected chi connectivity index (χ4v) is 9.54. The third kappa shape index (κ3) is 19.8. The topological polar surface area (TPSA) is 631 Å². The average molecular weight is 1210 g/mol. The predicted molar refractivity (Wildman–Crippen MR) is 222 cm³/mol. The molecule has 0 aromatic heterocycles. The quantitative estimate of drug-likeness (QED) is 0.0423. The standard InChI is InChI=1S/C26H42N2O37S5.C4H9O/c1-4(30)27-7-9(31)13(6(56-23(7)39)3-55-67(43,44)45)58-26-19(65-70(52,53)54)12(34)16(20(62-26)22(37)38)60-24-8(28-66(40,41)42)15(63-68(46,47)48)14(5(2-29)57-24)59-25-18(64-69(49,50)51)11(33)10(32)17(61-25)21(35)36;1-2-3-4-5/h5-20,23-26,28-29,31-34,39H,2-3H2,1H3,(H,27,30)(H,35,36)(H,37,38)(H,40,41,42)(H,43,44,45)(H,46,47,48)(H,49,50,51)(H,52,53,54);5H,1-4H2/t5-,6+,7-,8-,9-,10-,11-,12+,13-,14-,15-,16+,17-,18+,19-,20+,23-,24+,25+,26-;/m1./s1. The number of aliphatic hydroxyl groups is 7. The van der Waals surface area contributed by atoms with Gasteiger partial charge in [0.15, 0.2) is 49.6 Å². The molecule has 0 spiro atoms. The Morgan fingerprint density at radius 3 is 1.45 bits per heavy atom. The van der Waals surface area contributed by atoms with Crippen LogP contribution in [0.5, 0.6) is 0 Å². The van der Waals surface area contributed by atoms with Crippen LogP contribution in [-0.4, -0.2) is 271 Å². The first kappa shape index (κ1) is 66.5. The molecular weight excluding hydrogens is 1160 g/mol. The van der Waals surface area contributed by atoms with Crippen LogP contribution in [0.15, 0.2) is 0 Å². The Balaban J connectivity index is 0.00000282. The Labute approximate surface area is 422 Å². The van der Waals surface area contributed by atoms with Crippen molar-refractivity contribution in [2.24, 2.45) is 0 Å². The summed E-state index contributed by atoms with van der Waals surface area (Å²) in [4.78, 5) is 36.4. The molecule has 1 amide bonds. The van der Waals surface area contributed by atoms with Crippen molar-refractivity contribution in [3.63, 3.8) is 0 Å². The molecule has 45 heteroatoms. The monoisotopic (exact) mass is 1210 g/mol. The number of carboxylic acids is 2. The van der Waals surface area contributed by atoms with Crippen LogP contribution in [0.2, 0.25) is 0 Å². The average Bonchev–Trinajstić information content (AvgIpc) is 3.24. The van der Waals surface area contributed by atoms with E-state index in [1.807, 2.05) is 5.32 Å². The predicted octanol–water partition coefficient (Wildman–Crippen LogP) is -10.1. The summed E-state index contributed by atoms with van der Waals surface area (Å²) >= 11 is 0. The Hall–Kier alpha value is -2.80. The summed E-state index contributed by atoms with van der Waals surface area (Å²) in [6.45, 7) is 1.56. The molecule has 40 nitrogen and oxygen atoms in total. The molecule has 4 fully saturated rings. The maximum Gasteiger partial charge on any atom is 0.397 e. The highest BCUT2D eigenvalue weighted by atomic mass is 32.3. The van der Waals surface area contributed by atoms with Crippen molar-refractivity contribution >= 4 is 69.7 Å². The highest BCUT2D eigenvalue weighted by Crippen LogP contribution is 2.37. The lowest BCUT2D eigenvalue weighted by atomic mass is 9.94. The van der Waals surface area contributed by atoms with Gasteiger partial charge >= 0.3 is 63.8 Å².